The van der Waals surface area contributed by atoms with Crippen LogP contribution in [0.2, 0.25) is 0 Å². The molecule has 0 unspecified atom stereocenters. The van der Waals surface area contributed by atoms with Gasteiger partial charge >= 0.3 is 0 Å². The smallest absolute Gasteiger partial charge is 0.187 e. The molecular weight excluding hydrogens is 308 g/mol. The summed E-state index contributed by atoms with van der Waals surface area (Å²) in [6, 6.07) is 14.7. The van der Waals surface area contributed by atoms with Crippen molar-refractivity contribution < 1.29 is 4.79 Å². The molecule has 0 spiro atoms. The van der Waals surface area contributed by atoms with E-state index in [1.54, 1.807) is 6.08 Å². The maximum atomic E-state index is 12.6. The summed E-state index contributed by atoms with van der Waals surface area (Å²) >= 11 is 0. The molecule has 3 nitrogen and oxygen atoms in total. The molecule has 2 heterocycles. The second-order valence-corrected chi connectivity index (χ2v) is 7.14. The number of rotatable bonds is 3. The summed E-state index contributed by atoms with van der Waals surface area (Å²) in [5.74, 6) is 0.0925. The normalized spacial score (nSPS) is 17.4. The topological polar surface area (TPSA) is 23.6 Å². The minimum Gasteiger partial charge on any atom is -0.373 e. The zero-order valence-electron chi connectivity index (χ0n) is 14.7. The van der Waals surface area contributed by atoms with E-state index in [9.17, 15) is 4.79 Å². The van der Waals surface area contributed by atoms with Gasteiger partial charge in [-0.15, -0.1) is 0 Å². The molecule has 0 N–H and O–H groups in total. The summed E-state index contributed by atoms with van der Waals surface area (Å²) in [7, 11) is 2.13. The average molecular weight is 332 g/mol. The Morgan fingerprint density at radius 1 is 0.920 bits per heavy atom. The Balaban J connectivity index is 1.46. The van der Waals surface area contributed by atoms with E-state index in [1.165, 1.54) is 22.3 Å². The van der Waals surface area contributed by atoms with Crippen molar-refractivity contribution in [1.82, 2.24) is 9.80 Å². The minimum atomic E-state index is 0.0925. The van der Waals surface area contributed by atoms with Crippen LogP contribution < -0.4 is 0 Å². The van der Waals surface area contributed by atoms with Crippen molar-refractivity contribution in [2.45, 2.75) is 25.9 Å². The SMILES string of the molecule is CN1CCc2ccc(C(=O)C=CN3CCc4ccccc4C3)cc2C1. The molecule has 0 amide bonds. The van der Waals surface area contributed by atoms with E-state index in [2.05, 4.69) is 53.2 Å². The van der Waals surface area contributed by atoms with Crippen LogP contribution in [0.25, 0.3) is 0 Å². The van der Waals surface area contributed by atoms with E-state index in [4.69, 9.17) is 0 Å². The van der Waals surface area contributed by atoms with Gasteiger partial charge < -0.3 is 9.80 Å². The number of fused-ring (bicyclic) bond motifs is 2. The number of nitrogens with zero attached hydrogens (tertiary/aromatic N) is 2. The number of likely N-dealkylation sites (N-methyl/N-ethyl adjacent to an activating group) is 1. The Labute approximate surface area is 149 Å². The maximum absolute atomic E-state index is 12.6. The lowest BCUT2D eigenvalue weighted by Crippen LogP contribution is -2.26. The highest BCUT2D eigenvalue weighted by Gasteiger charge is 2.16. The minimum absolute atomic E-state index is 0.0925. The molecule has 25 heavy (non-hydrogen) atoms. The summed E-state index contributed by atoms with van der Waals surface area (Å²) in [4.78, 5) is 17.1. The fourth-order valence-electron chi connectivity index (χ4n) is 3.77. The predicted octanol–water partition coefficient (Wildman–Crippen LogP) is 3.43. The first-order chi connectivity index (χ1) is 12.2. The molecule has 2 aliphatic rings. The van der Waals surface area contributed by atoms with Crippen LogP contribution in [0.4, 0.5) is 0 Å². The number of benzene rings is 2. The molecular formula is C22H24N2O. The van der Waals surface area contributed by atoms with Gasteiger partial charge in [-0.1, -0.05) is 36.4 Å². The lowest BCUT2D eigenvalue weighted by atomic mass is 9.96. The molecule has 0 aliphatic carbocycles. The number of carbonyl (C=O) groups excluding carboxylic acids is 1. The number of ketones is 1. The molecule has 2 aromatic carbocycles. The van der Waals surface area contributed by atoms with Gasteiger partial charge in [0.05, 0.1) is 0 Å². The average Bonchev–Trinajstić information content (AvgIpc) is 2.65. The third-order valence-corrected chi connectivity index (χ3v) is 5.29. The molecule has 0 bridgehead atoms. The first kappa shape index (κ1) is 16.1. The Morgan fingerprint density at radius 2 is 1.68 bits per heavy atom. The van der Waals surface area contributed by atoms with Crippen molar-refractivity contribution in [2.75, 3.05) is 20.1 Å². The fraction of sp³-hybridized carbons (Fsp3) is 0.318. The number of hydrogen-bond acceptors (Lipinski definition) is 3. The van der Waals surface area contributed by atoms with Crippen molar-refractivity contribution in [1.29, 1.82) is 0 Å². The van der Waals surface area contributed by atoms with Crippen molar-refractivity contribution in [3.8, 4) is 0 Å². The third-order valence-electron chi connectivity index (χ3n) is 5.29. The lowest BCUT2D eigenvalue weighted by molar-refractivity contribution is 0.104. The molecule has 0 fully saturated rings. The van der Waals surface area contributed by atoms with E-state index in [0.717, 1.165) is 44.6 Å². The first-order valence-corrected chi connectivity index (χ1v) is 9.03. The van der Waals surface area contributed by atoms with Gasteiger partial charge in [0.15, 0.2) is 5.78 Å². The molecule has 0 aromatic heterocycles. The van der Waals surface area contributed by atoms with E-state index >= 15 is 0 Å². The third kappa shape index (κ3) is 3.52. The van der Waals surface area contributed by atoms with E-state index in [-0.39, 0.29) is 5.78 Å². The molecule has 0 saturated heterocycles. The van der Waals surface area contributed by atoms with Gasteiger partial charge in [-0.25, -0.2) is 0 Å². The highest BCUT2D eigenvalue weighted by Crippen LogP contribution is 2.21. The van der Waals surface area contributed by atoms with Gasteiger partial charge in [0, 0.05) is 44.0 Å². The molecule has 0 radical (unpaired) electrons. The molecule has 2 aromatic rings. The van der Waals surface area contributed by atoms with Gasteiger partial charge in [0.2, 0.25) is 0 Å². The molecule has 4 rings (SSSR count). The van der Waals surface area contributed by atoms with Crippen molar-refractivity contribution in [3.05, 3.63) is 82.6 Å². The second kappa shape index (κ2) is 6.85. The summed E-state index contributed by atoms with van der Waals surface area (Å²) in [5, 5.41) is 0. The zero-order chi connectivity index (χ0) is 17.2. The molecule has 0 saturated carbocycles. The monoisotopic (exact) mass is 332 g/mol. The highest BCUT2D eigenvalue weighted by atomic mass is 16.1. The quantitative estimate of drug-likeness (QED) is 0.635. The lowest BCUT2D eigenvalue weighted by Gasteiger charge is -2.27. The first-order valence-electron chi connectivity index (χ1n) is 9.03. The van der Waals surface area contributed by atoms with Crippen LogP contribution in [0.3, 0.4) is 0 Å². The van der Waals surface area contributed by atoms with Crippen LogP contribution >= 0.6 is 0 Å². The maximum Gasteiger partial charge on any atom is 0.187 e. The van der Waals surface area contributed by atoms with E-state index in [1.807, 2.05) is 12.3 Å². The van der Waals surface area contributed by atoms with Crippen LogP contribution in [-0.2, 0) is 25.9 Å². The Hall–Kier alpha value is -2.39. The predicted molar refractivity (Wildman–Crippen MR) is 101 cm³/mol. The largest absolute Gasteiger partial charge is 0.373 e. The van der Waals surface area contributed by atoms with Crippen molar-refractivity contribution >= 4 is 5.78 Å². The zero-order valence-corrected chi connectivity index (χ0v) is 14.7. The van der Waals surface area contributed by atoms with Crippen LogP contribution in [0.15, 0.2) is 54.7 Å². The Kier molecular flexibility index (Phi) is 4.41. The van der Waals surface area contributed by atoms with E-state index < -0.39 is 0 Å². The Morgan fingerprint density at radius 3 is 2.56 bits per heavy atom. The van der Waals surface area contributed by atoms with Gasteiger partial charge in [0.25, 0.3) is 0 Å². The van der Waals surface area contributed by atoms with Crippen LogP contribution in [0, 0.1) is 0 Å². The fourth-order valence-corrected chi connectivity index (χ4v) is 3.77. The highest BCUT2D eigenvalue weighted by molar-refractivity contribution is 6.04. The molecule has 3 heteroatoms. The molecule has 2 aliphatic heterocycles. The Bertz CT molecular complexity index is 825. The standard InChI is InChI=1S/C22H24N2O/c1-23-11-8-18-6-7-19(14-21(18)15-23)22(25)10-13-24-12-9-17-4-2-3-5-20(17)16-24/h2-7,10,13-14H,8-9,11-12,15-16H2,1H3. The second-order valence-electron chi connectivity index (χ2n) is 7.14. The summed E-state index contributed by atoms with van der Waals surface area (Å²) in [6.45, 7) is 3.88. The van der Waals surface area contributed by atoms with Crippen molar-refractivity contribution in [2.24, 2.45) is 0 Å². The molecule has 0 atom stereocenters. The van der Waals surface area contributed by atoms with Gasteiger partial charge in [-0.2, -0.15) is 0 Å². The summed E-state index contributed by atoms with van der Waals surface area (Å²) in [6.07, 6.45) is 5.80. The van der Waals surface area contributed by atoms with Crippen LogP contribution in [0.5, 0.6) is 0 Å². The van der Waals surface area contributed by atoms with Gasteiger partial charge in [-0.3, -0.25) is 4.79 Å². The van der Waals surface area contributed by atoms with Gasteiger partial charge in [-0.05, 0) is 48.2 Å². The number of hydrogen-bond donors (Lipinski definition) is 0. The summed E-state index contributed by atoms with van der Waals surface area (Å²) < 4.78 is 0. The van der Waals surface area contributed by atoms with Crippen LogP contribution in [-0.4, -0.2) is 35.7 Å². The number of carbonyl (C=O) groups is 1. The van der Waals surface area contributed by atoms with Gasteiger partial charge in [0.1, 0.15) is 0 Å². The number of allylic oxidation sites excluding steroid dienone is 1. The van der Waals surface area contributed by atoms with E-state index in [0.29, 0.717) is 0 Å². The van der Waals surface area contributed by atoms with Crippen molar-refractivity contribution in [3.63, 3.8) is 0 Å². The van der Waals surface area contributed by atoms with Crippen LogP contribution in [0.1, 0.15) is 32.6 Å². The molecule has 128 valence electrons. The summed E-state index contributed by atoms with van der Waals surface area (Å²) in [5.41, 5.74) is 6.26.